The number of rotatable bonds is 4. The third kappa shape index (κ3) is 2.89. The van der Waals surface area contributed by atoms with Gasteiger partial charge in [-0.1, -0.05) is 0 Å². The van der Waals surface area contributed by atoms with Gasteiger partial charge in [-0.15, -0.1) is 11.3 Å². The van der Waals surface area contributed by atoms with Gasteiger partial charge in [-0.05, 0) is 24.3 Å². The minimum atomic E-state index is -3.80. The van der Waals surface area contributed by atoms with E-state index in [2.05, 4.69) is 4.72 Å². The van der Waals surface area contributed by atoms with Crippen molar-refractivity contribution in [3.63, 3.8) is 0 Å². The maximum atomic E-state index is 13.2. The van der Waals surface area contributed by atoms with Crippen LogP contribution in [0.1, 0.15) is 4.88 Å². The van der Waals surface area contributed by atoms with E-state index in [9.17, 15) is 12.8 Å². The molecule has 0 bridgehead atoms. The lowest BCUT2D eigenvalue weighted by Gasteiger charge is -2.08. The molecule has 0 fully saturated rings. The largest absolute Gasteiger partial charge is 0.494 e. The second-order valence-electron chi connectivity index (χ2n) is 3.69. The van der Waals surface area contributed by atoms with Gasteiger partial charge in [0.15, 0.2) is 11.6 Å². The zero-order chi connectivity index (χ0) is 14.8. The zero-order valence-corrected chi connectivity index (χ0v) is 11.9. The number of thiophene rings is 1. The minimum Gasteiger partial charge on any atom is -0.494 e. The van der Waals surface area contributed by atoms with Gasteiger partial charge in [0, 0.05) is 6.07 Å². The number of ether oxygens (including phenoxy) is 1. The average molecular weight is 312 g/mol. The van der Waals surface area contributed by atoms with Crippen LogP contribution in [-0.4, -0.2) is 15.5 Å². The molecule has 0 spiro atoms. The molecule has 0 radical (unpaired) electrons. The number of hydrogen-bond donors (Lipinski definition) is 1. The summed E-state index contributed by atoms with van der Waals surface area (Å²) in [6.07, 6.45) is 0. The van der Waals surface area contributed by atoms with E-state index < -0.39 is 15.8 Å². The number of nitrogens with one attached hydrogen (secondary N) is 1. The highest BCUT2D eigenvalue weighted by Gasteiger charge is 2.17. The Morgan fingerprint density at radius 1 is 1.35 bits per heavy atom. The molecule has 0 unspecified atom stereocenters. The van der Waals surface area contributed by atoms with Crippen LogP contribution in [0.25, 0.3) is 0 Å². The average Bonchev–Trinajstić information content (AvgIpc) is 2.90. The van der Waals surface area contributed by atoms with Crippen LogP contribution in [0.2, 0.25) is 0 Å². The maximum Gasteiger partial charge on any atom is 0.271 e. The fraction of sp³-hybridized carbons (Fsp3) is 0.0833. The van der Waals surface area contributed by atoms with E-state index in [1.807, 2.05) is 6.07 Å². The van der Waals surface area contributed by atoms with Crippen LogP contribution in [0.4, 0.5) is 10.1 Å². The molecular weight excluding hydrogens is 303 g/mol. The van der Waals surface area contributed by atoms with Crippen LogP contribution >= 0.6 is 11.3 Å². The Labute approximate surface area is 119 Å². The summed E-state index contributed by atoms with van der Waals surface area (Å²) in [6, 6.07) is 8.26. The standard InChI is InChI=1S/C12H9FN2O3S2/c1-18-11-6-8(2-4-10(11)13)15-20(16,17)12-5-3-9(7-14)19-12/h2-6,15H,1H3. The zero-order valence-electron chi connectivity index (χ0n) is 10.3. The number of benzene rings is 1. The van der Waals surface area contributed by atoms with Crippen molar-refractivity contribution >= 4 is 27.0 Å². The highest BCUT2D eigenvalue weighted by molar-refractivity contribution is 7.94. The Bertz CT molecular complexity index is 778. The molecule has 8 heteroatoms. The molecule has 0 saturated carbocycles. The Hall–Kier alpha value is -2.11. The molecule has 0 atom stereocenters. The van der Waals surface area contributed by atoms with E-state index in [4.69, 9.17) is 10.00 Å². The summed E-state index contributed by atoms with van der Waals surface area (Å²) in [5.74, 6) is -0.646. The molecular formula is C12H9FN2O3S2. The highest BCUT2D eigenvalue weighted by atomic mass is 32.2. The SMILES string of the molecule is COc1cc(NS(=O)(=O)c2ccc(C#N)s2)ccc1F. The van der Waals surface area contributed by atoms with Gasteiger partial charge >= 0.3 is 0 Å². The molecule has 5 nitrogen and oxygen atoms in total. The second-order valence-corrected chi connectivity index (χ2v) is 6.68. The van der Waals surface area contributed by atoms with Gasteiger partial charge < -0.3 is 4.74 Å². The van der Waals surface area contributed by atoms with E-state index in [0.717, 1.165) is 17.4 Å². The van der Waals surface area contributed by atoms with Crippen LogP contribution in [0, 0.1) is 17.1 Å². The third-order valence-electron chi connectivity index (χ3n) is 2.36. The summed E-state index contributed by atoms with van der Waals surface area (Å²) in [5, 5.41) is 8.69. The van der Waals surface area contributed by atoms with Gasteiger partial charge in [0.1, 0.15) is 15.2 Å². The van der Waals surface area contributed by atoms with E-state index in [0.29, 0.717) is 4.88 Å². The Morgan fingerprint density at radius 2 is 2.10 bits per heavy atom. The van der Waals surface area contributed by atoms with Crippen molar-refractivity contribution in [3.05, 3.63) is 41.0 Å². The Morgan fingerprint density at radius 3 is 2.70 bits per heavy atom. The number of anilines is 1. The van der Waals surface area contributed by atoms with Crippen molar-refractivity contribution in [2.24, 2.45) is 0 Å². The first-order valence-corrected chi connectivity index (χ1v) is 7.62. The monoisotopic (exact) mass is 312 g/mol. The predicted octanol–water partition coefficient (Wildman–Crippen LogP) is 2.57. The summed E-state index contributed by atoms with van der Waals surface area (Å²) >= 11 is 0.855. The molecule has 0 aliphatic carbocycles. The number of nitriles is 1. The molecule has 20 heavy (non-hydrogen) atoms. The molecule has 1 heterocycles. The molecule has 2 aromatic rings. The number of nitrogens with zero attached hydrogens (tertiary/aromatic N) is 1. The third-order valence-corrected chi connectivity index (χ3v) is 5.22. The smallest absolute Gasteiger partial charge is 0.271 e. The Balaban J connectivity index is 2.31. The number of halogens is 1. The number of hydrogen-bond acceptors (Lipinski definition) is 5. The first-order valence-electron chi connectivity index (χ1n) is 5.32. The van der Waals surface area contributed by atoms with Crippen LogP contribution in [0.15, 0.2) is 34.5 Å². The van der Waals surface area contributed by atoms with Crippen LogP contribution in [0.5, 0.6) is 5.75 Å². The van der Waals surface area contributed by atoms with Gasteiger partial charge in [0.2, 0.25) is 0 Å². The normalized spacial score (nSPS) is 10.8. The summed E-state index contributed by atoms with van der Waals surface area (Å²) in [5.41, 5.74) is 0.176. The van der Waals surface area contributed by atoms with E-state index in [1.54, 1.807) is 0 Å². The van der Waals surface area contributed by atoms with E-state index in [1.165, 1.54) is 31.4 Å². The van der Waals surface area contributed by atoms with Crippen LogP contribution in [-0.2, 0) is 10.0 Å². The molecule has 104 valence electrons. The van der Waals surface area contributed by atoms with Gasteiger partial charge in [-0.3, -0.25) is 4.72 Å². The van der Waals surface area contributed by atoms with Gasteiger partial charge in [0.25, 0.3) is 10.0 Å². The molecule has 1 aromatic carbocycles. The Kier molecular flexibility index (Phi) is 3.92. The van der Waals surface area contributed by atoms with Crippen LogP contribution < -0.4 is 9.46 Å². The van der Waals surface area contributed by atoms with Gasteiger partial charge in [0.05, 0.1) is 12.8 Å². The highest BCUT2D eigenvalue weighted by Crippen LogP contribution is 2.26. The first kappa shape index (κ1) is 14.3. The van der Waals surface area contributed by atoms with Crippen molar-refractivity contribution < 1.29 is 17.5 Å². The fourth-order valence-electron chi connectivity index (χ4n) is 1.45. The summed E-state index contributed by atoms with van der Waals surface area (Å²) in [7, 11) is -2.51. The molecule has 0 amide bonds. The van der Waals surface area contributed by atoms with Crippen molar-refractivity contribution in [1.29, 1.82) is 5.26 Å². The summed E-state index contributed by atoms with van der Waals surface area (Å²) in [6.45, 7) is 0. The minimum absolute atomic E-state index is 0.0114. The van der Waals surface area contributed by atoms with Crippen LogP contribution in [0.3, 0.4) is 0 Å². The van der Waals surface area contributed by atoms with E-state index in [-0.39, 0.29) is 15.6 Å². The predicted molar refractivity (Wildman–Crippen MR) is 72.8 cm³/mol. The van der Waals surface area contributed by atoms with Gasteiger partial charge in [-0.25, -0.2) is 12.8 Å². The number of methoxy groups -OCH3 is 1. The number of sulfonamides is 1. The molecule has 2 rings (SSSR count). The van der Waals surface area contributed by atoms with Crippen molar-refractivity contribution in [2.45, 2.75) is 4.21 Å². The molecule has 1 aromatic heterocycles. The topological polar surface area (TPSA) is 79.2 Å². The van der Waals surface area contributed by atoms with Gasteiger partial charge in [-0.2, -0.15) is 5.26 Å². The lowest BCUT2D eigenvalue weighted by molar-refractivity contribution is 0.387. The fourth-order valence-corrected chi connectivity index (χ4v) is 3.61. The summed E-state index contributed by atoms with van der Waals surface area (Å²) in [4.78, 5) is 0.294. The maximum absolute atomic E-state index is 13.2. The lowest BCUT2D eigenvalue weighted by Crippen LogP contribution is -2.11. The summed E-state index contributed by atoms with van der Waals surface area (Å²) < 4.78 is 44.5. The molecule has 0 aliphatic rings. The van der Waals surface area contributed by atoms with Crippen molar-refractivity contribution in [3.8, 4) is 11.8 Å². The quantitative estimate of drug-likeness (QED) is 0.941. The molecule has 0 aliphatic heterocycles. The van der Waals surface area contributed by atoms with E-state index >= 15 is 0 Å². The molecule has 1 N–H and O–H groups in total. The first-order chi connectivity index (χ1) is 9.46. The molecule has 0 saturated heterocycles. The lowest BCUT2D eigenvalue weighted by atomic mass is 10.3. The second kappa shape index (κ2) is 5.48. The van der Waals surface area contributed by atoms with Crippen molar-refractivity contribution in [1.82, 2.24) is 0 Å². The van der Waals surface area contributed by atoms with Crippen molar-refractivity contribution in [2.75, 3.05) is 11.8 Å².